The Morgan fingerprint density at radius 3 is 2.14 bits per heavy atom. The molecule has 5 nitrogen and oxygen atoms in total. The van der Waals surface area contributed by atoms with Gasteiger partial charge in [-0.05, 0) is 49.2 Å². The number of aryl methyl sites for hydroxylation is 1. The van der Waals surface area contributed by atoms with Crippen LogP contribution in [0.25, 0.3) is 0 Å². The van der Waals surface area contributed by atoms with Gasteiger partial charge in [0.05, 0.1) is 10.9 Å². The van der Waals surface area contributed by atoms with Gasteiger partial charge >= 0.3 is 0 Å². The number of amides is 1. The topological polar surface area (TPSA) is 75.3 Å². The molecule has 0 aliphatic rings. The highest BCUT2D eigenvalue weighted by atomic mass is 32.2. The lowest BCUT2D eigenvalue weighted by atomic mass is 10.1. The van der Waals surface area contributed by atoms with Gasteiger partial charge in [-0.15, -0.1) is 0 Å². The lowest BCUT2D eigenvalue weighted by Gasteiger charge is -2.14. The molecule has 0 fully saturated rings. The second-order valence-electron chi connectivity index (χ2n) is 6.94. The van der Waals surface area contributed by atoms with Gasteiger partial charge in [0.15, 0.2) is 0 Å². The molecule has 0 aromatic heterocycles. The zero-order valence-electron chi connectivity index (χ0n) is 16.4. The van der Waals surface area contributed by atoms with E-state index in [4.69, 9.17) is 0 Å². The van der Waals surface area contributed by atoms with Crippen LogP contribution in [-0.4, -0.2) is 14.3 Å². The second kappa shape index (κ2) is 9.03. The van der Waals surface area contributed by atoms with E-state index >= 15 is 0 Å². The molecule has 3 aromatic rings. The zero-order chi connectivity index (χ0) is 20.9. The van der Waals surface area contributed by atoms with Crippen LogP contribution in [0.4, 0.5) is 0 Å². The summed E-state index contributed by atoms with van der Waals surface area (Å²) in [5, 5.41) is 2.96. The molecule has 0 bridgehead atoms. The maximum Gasteiger partial charge on any atom is 0.251 e. The van der Waals surface area contributed by atoms with Gasteiger partial charge in [-0.25, -0.2) is 13.1 Å². The first-order valence-corrected chi connectivity index (χ1v) is 10.8. The largest absolute Gasteiger partial charge is 0.346 e. The SMILES string of the molecule is Cc1ccc(S(=O)(=O)NCc2ccc(C(=O)NC(C)c3ccccc3)cc2)cc1. The lowest BCUT2D eigenvalue weighted by Crippen LogP contribution is -2.26. The van der Waals surface area contributed by atoms with Crippen molar-refractivity contribution in [2.75, 3.05) is 0 Å². The molecule has 1 atom stereocenters. The van der Waals surface area contributed by atoms with Gasteiger partial charge in [0.25, 0.3) is 5.91 Å². The minimum absolute atomic E-state index is 0.107. The highest BCUT2D eigenvalue weighted by molar-refractivity contribution is 7.89. The van der Waals surface area contributed by atoms with Gasteiger partial charge in [0.2, 0.25) is 10.0 Å². The fourth-order valence-corrected chi connectivity index (χ4v) is 3.88. The van der Waals surface area contributed by atoms with Gasteiger partial charge in [0, 0.05) is 12.1 Å². The standard InChI is InChI=1S/C23H24N2O3S/c1-17-8-14-22(15-9-17)29(27,28)24-16-19-10-12-21(13-11-19)23(26)25-18(2)20-6-4-3-5-7-20/h3-15,18,24H,16H2,1-2H3,(H,25,26). The molecular formula is C23H24N2O3S. The van der Waals surface area contributed by atoms with Crippen molar-refractivity contribution in [1.29, 1.82) is 0 Å². The van der Waals surface area contributed by atoms with E-state index in [-0.39, 0.29) is 23.4 Å². The Balaban J connectivity index is 1.59. The minimum atomic E-state index is -3.58. The number of carbonyl (C=O) groups is 1. The van der Waals surface area contributed by atoms with Gasteiger partial charge in [-0.3, -0.25) is 4.79 Å². The van der Waals surface area contributed by atoms with E-state index in [2.05, 4.69) is 10.0 Å². The number of sulfonamides is 1. The summed E-state index contributed by atoms with van der Waals surface area (Å²) in [7, 11) is -3.58. The summed E-state index contributed by atoms with van der Waals surface area (Å²) in [6, 6.07) is 23.2. The number of benzene rings is 3. The molecular weight excluding hydrogens is 384 g/mol. The van der Waals surface area contributed by atoms with Crippen LogP contribution in [0.3, 0.4) is 0 Å². The number of hydrogen-bond donors (Lipinski definition) is 2. The summed E-state index contributed by atoms with van der Waals surface area (Å²) >= 11 is 0. The highest BCUT2D eigenvalue weighted by Gasteiger charge is 2.14. The Hall–Kier alpha value is -2.96. The number of carbonyl (C=O) groups excluding carboxylic acids is 1. The van der Waals surface area contributed by atoms with Gasteiger partial charge < -0.3 is 5.32 Å². The molecule has 0 radical (unpaired) electrons. The zero-order valence-corrected chi connectivity index (χ0v) is 17.2. The van der Waals surface area contributed by atoms with Crippen LogP contribution < -0.4 is 10.0 Å². The smallest absolute Gasteiger partial charge is 0.251 e. The molecule has 0 aliphatic heterocycles. The fourth-order valence-electron chi connectivity index (χ4n) is 2.86. The molecule has 3 aromatic carbocycles. The molecule has 3 rings (SSSR count). The highest BCUT2D eigenvalue weighted by Crippen LogP contribution is 2.14. The summed E-state index contributed by atoms with van der Waals surface area (Å²) in [6.07, 6.45) is 0. The van der Waals surface area contributed by atoms with E-state index in [0.717, 1.165) is 16.7 Å². The maximum atomic E-state index is 12.4. The summed E-state index contributed by atoms with van der Waals surface area (Å²) in [6.45, 7) is 3.99. The summed E-state index contributed by atoms with van der Waals surface area (Å²) in [5.41, 5.74) is 3.33. The van der Waals surface area contributed by atoms with Crippen LogP contribution in [-0.2, 0) is 16.6 Å². The molecule has 0 saturated carbocycles. The third kappa shape index (κ3) is 5.53. The monoisotopic (exact) mass is 408 g/mol. The van der Waals surface area contributed by atoms with Gasteiger partial charge in [-0.2, -0.15) is 0 Å². The third-order valence-corrected chi connectivity index (χ3v) is 6.08. The van der Waals surface area contributed by atoms with Crippen LogP contribution in [0, 0.1) is 6.92 Å². The maximum absolute atomic E-state index is 12.4. The molecule has 0 spiro atoms. The predicted octanol–water partition coefficient (Wildman–Crippen LogP) is 3.96. The number of nitrogens with one attached hydrogen (secondary N) is 2. The van der Waals surface area contributed by atoms with Crippen molar-refractivity contribution >= 4 is 15.9 Å². The summed E-state index contributed by atoms with van der Waals surface area (Å²) in [4.78, 5) is 12.7. The fraction of sp³-hybridized carbons (Fsp3) is 0.174. The molecule has 150 valence electrons. The van der Waals surface area contributed by atoms with Crippen molar-refractivity contribution in [3.05, 3.63) is 101 Å². The van der Waals surface area contributed by atoms with Gasteiger partial charge in [-0.1, -0.05) is 60.2 Å². The van der Waals surface area contributed by atoms with Crippen LogP contribution in [0.5, 0.6) is 0 Å². The predicted molar refractivity (Wildman–Crippen MR) is 114 cm³/mol. The third-order valence-electron chi connectivity index (χ3n) is 4.66. The Labute approximate surface area is 171 Å². The van der Waals surface area contributed by atoms with Crippen LogP contribution >= 0.6 is 0 Å². The van der Waals surface area contributed by atoms with Crippen molar-refractivity contribution in [1.82, 2.24) is 10.0 Å². The normalized spacial score (nSPS) is 12.3. The molecule has 1 unspecified atom stereocenters. The Kier molecular flexibility index (Phi) is 6.46. The van der Waals surface area contributed by atoms with E-state index in [1.54, 1.807) is 48.5 Å². The molecule has 29 heavy (non-hydrogen) atoms. The Bertz CT molecular complexity index is 1060. The van der Waals surface area contributed by atoms with Crippen molar-refractivity contribution < 1.29 is 13.2 Å². The van der Waals surface area contributed by atoms with E-state index in [9.17, 15) is 13.2 Å². The molecule has 0 heterocycles. The second-order valence-corrected chi connectivity index (χ2v) is 8.71. The first kappa shape index (κ1) is 20.8. The van der Waals surface area contributed by atoms with Crippen LogP contribution in [0.15, 0.2) is 83.8 Å². The van der Waals surface area contributed by atoms with E-state index in [1.165, 1.54) is 0 Å². The van der Waals surface area contributed by atoms with E-state index in [1.807, 2.05) is 44.2 Å². The molecule has 0 saturated heterocycles. The number of hydrogen-bond acceptors (Lipinski definition) is 3. The minimum Gasteiger partial charge on any atom is -0.346 e. The average Bonchev–Trinajstić information content (AvgIpc) is 2.73. The first-order chi connectivity index (χ1) is 13.8. The molecule has 1 amide bonds. The van der Waals surface area contributed by atoms with Crippen molar-refractivity contribution in [3.63, 3.8) is 0 Å². The lowest BCUT2D eigenvalue weighted by molar-refractivity contribution is 0.0940. The molecule has 2 N–H and O–H groups in total. The van der Waals surface area contributed by atoms with E-state index < -0.39 is 10.0 Å². The molecule has 6 heteroatoms. The van der Waals surface area contributed by atoms with Crippen molar-refractivity contribution in [2.24, 2.45) is 0 Å². The first-order valence-electron chi connectivity index (χ1n) is 9.36. The summed E-state index contributed by atoms with van der Waals surface area (Å²) < 4.78 is 27.3. The Morgan fingerprint density at radius 2 is 1.52 bits per heavy atom. The van der Waals surface area contributed by atoms with Gasteiger partial charge in [0.1, 0.15) is 0 Å². The average molecular weight is 409 g/mol. The summed E-state index contributed by atoms with van der Waals surface area (Å²) in [5.74, 6) is -0.173. The van der Waals surface area contributed by atoms with Crippen LogP contribution in [0.2, 0.25) is 0 Å². The molecule has 0 aliphatic carbocycles. The van der Waals surface area contributed by atoms with Crippen LogP contribution in [0.1, 0.15) is 40.0 Å². The van der Waals surface area contributed by atoms with Crippen molar-refractivity contribution in [3.8, 4) is 0 Å². The van der Waals surface area contributed by atoms with Crippen molar-refractivity contribution in [2.45, 2.75) is 31.3 Å². The number of rotatable bonds is 7. The quantitative estimate of drug-likeness (QED) is 0.621. The van der Waals surface area contributed by atoms with E-state index in [0.29, 0.717) is 5.56 Å². The Morgan fingerprint density at radius 1 is 0.897 bits per heavy atom.